The Morgan fingerprint density at radius 2 is 1.53 bits per heavy atom. The third-order valence-corrected chi connectivity index (χ3v) is 2.40. The zero-order chi connectivity index (χ0) is 11.8. The number of benzene rings is 1. The Morgan fingerprint density at radius 3 is 2.00 bits per heavy atom. The summed E-state index contributed by atoms with van der Waals surface area (Å²) in [5.41, 5.74) is -1.22. The second kappa shape index (κ2) is 3.81. The van der Waals surface area contributed by atoms with Crippen molar-refractivity contribution in [1.29, 1.82) is 0 Å². The van der Waals surface area contributed by atoms with Crippen LogP contribution in [0.15, 0.2) is 6.07 Å². The van der Waals surface area contributed by atoms with Gasteiger partial charge < -0.3 is 5.32 Å². The summed E-state index contributed by atoms with van der Waals surface area (Å²) < 4.78 is 51.7. The third kappa shape index (κ3) is 1.97. The number of rotatable bonds is 2. The van der Waals surface area contributed by atoms with Crippen molar-refractivity contribution in [1.82, 2.24) is 5.32 Å². The van der Waals surface area contributed by atoms with Gasteiger partial charge in [0.1, 0.15) is 0 Å². The van der Waals surface area contributed by atoms with E-state index in [9.17, 15) is 17.6 Å². The van der Waals surface area contributed by atoms with Crippen molar-refractivity contribution in [3.63, 3.8) is 0 Å². The first kappa shape index (κ1) is 12.0. The maximum absolute atomic E-state index is 13.3. The highest BCUT2D eigenvalue weighted by Crippen LogP contribution is 2.27. The standard InChI is InChI=1S/C10H11F4N/c1-10(2,15-3)5-4-6(11)8(13)9(14)7(5)12/h4,15H,1-3H3. The zero-order valence-corrected chi connectivity index (χ0v) is 8.59. The van der Waals surface area contributed by atoms with Crippen LogP contribution in [0.1, 0.15) is 19.4 Å². The summed E-state index contributed by atoms with van der Waals surface area (Å²) in [5, 5.41) is 2.68. The highest BCUT2D eigenvalue weighted by Gasteiger charge is 2.28. The molecule has 0 amide bonds. The minimum absolute atomic E-state index is 0.249. The fraction of sp³-hybridized carbons (Fsp3) is 0.400. The van der Waals surface area contributed by atoms with E-state index in [1.54, 1.807) is 0 Å². The summed E-state index contributed by atoms with van der Waals surface area (Å²) in [6, 6.07) is 0.657. The van der Waals surface area contributed by atoms with Crippen molar-refractivity contribution >= 4 is 0 Å². The lowest BCUT2D eigenvalue weighted by atomic mass is 9.93. The Hall–Kier alpha value is -1.10. The molecule has 0 unspecified atom stereocenters. The largest absolute Gasteiger partial charge is 0.311 e. The second-order valence-electron chi connectivity index (χ2n) is 3.72. The molecular weight excluding hydrogens is 210 g/mol. The fourth-order valence-corrected chi connectivity index (χ4v) is 1.16. The Balaban J connectivity index is 3.45. The van der Waals surface area contributed by atoms with Crippen LogP contribution in [0, 0.1) is 23.3 Å². The lowest BCUT2D eigenvalue weighted by Crippen LogP contribution is -2.34. The Morgan fingerprint density at radius 1 is 1.00 bits per heavy atom. The van der Waals surface area contributed by atoms with Crippen LogP contribution in [0.4, 0.5) is 17.6 Å². The summed E-state index contributed by atoms with van der Waals surface area (Å²) in [6.45, 7) is 3.06. The average molecular weight is 221 g/mol. The summed E-state index contributed by atoms with van der Waals surface area (Å²) in [6.07, 6.45) is 0. The molecule has 1 N–H and O–H groups in total. The normalized spacial score (nSPS) is 11.9. The SMILES string of the molecule is CNC(C)(C)c1cc(F)c(F)c(F)c1F. The highest BCUT2D eigenvalue weighted by atomic mass is 19.2. The van der Waals surface area contributed by atoms with Gasteiger partial charge in [-0.2, -0.15) is 0 Å². The van der Waals surface area contributed by atoms with Crippen LogP contribution < -0.4 is 5.32 Å². The lowest BCUT2D eigenvalue weighted by Gasteiger charge is -2.25. The van der Waals surface area contributed by atoms with Gasteiger partial charge in [0.2, 0.25) is 0 Å². The van der Waals surface area contributed by atoms with Gasteiger partial charge in [-0.1, -0.05) is 0 Å². The number of halogens is 4. The van der Waals surface area contributed by atoms with Crippen molar-refractivity contribution < 1.29 is 17.6 Å². The summed E-state index contributed by atoms with van der Waals surface area (Å²) in [7, 11) is 1.51. The molecule has 84 valence electrons. The fourth-order valence-electron chi connectivity index (χ4n) is 1.16. The van der Waals surface area contributed by atoms with Gasteiger partial charge >= 0.3 is 0 Å². The number of nitrogens with one attached hydrogen (secondary N) is 1. The molecule has 1 nitrogen and oxygen atoms in total. The van der Waals surface area contributed by atoms with Crippen molar-refractivity contribution in [2.75, 3.05) is 7.05 Å². The number of hydrogen-bond donors (Lipinski definition) is 1. The van der Waals surface area contributed by atoms with Crippen LogP contribution in [0.25, 0.3) is 0 Å². The first-order valence-corrected chi connectivity index (χ1v) is 4.33. The van der Waals surface area contributed by atoms with Gasteiger partial charge in [-0.15, -0.1) is 0 Å². The summed E-state index contributed by atoms with van der Waals surface area (Å²) in [4.78, 5) is 0. The van der Waals surface area contributed by atoms with E-state index >= 15 is 0 Å². The van der Waals surface area contributed by atoms with Crippen LogP contribution in [0.2, 0.25) is 0 Å². The van der Waals surface area contributed by atoms with Gasteiger partial charge in [-0.05, 0) is 27.0 Å². The Labute approximate surface area is 85.1 Å². The minimum atomic E-state index is -1.79. The van der Waals surface area contributed by atoms with E-state index in [1.807, 2.05) is 0 Å². The average Bonchev–Trinajstić information content (AvgIpc) is 2.20. The zero-order valence-electron chi connectivity index (χ0n) is 8.59. The molecule has 1 aromatic rings. The van der Waals surface area contributed by atoms with Gasteiger partial charge in [0.25, 0.3) is 0 Å². The summed E-state index contributed by atoms with van der Waals surface area (Å²) in [5.74, 6) is -6.34. The molecule has 0 heterocycles. The van der Waals surface area contributed by atoms with Crippen molar-refractivity contribution in [2.24, 2.45) is 0 Å². The molecule has 0 radical (unpaired) electrons. The number of hydrogen-bond acceptors (Lipinski definition) is 1. The molecule has 5 heteroatoms. The van der Waals surface area contributed by atoms with Crippen LogP contribution in [-0.2, 0) is 5.54 Å². The van der Waals surface area contributed by atoms with E-state index in [0.29, 0.717) is 6.07 Å². The van der Waals surface area contributed by atoms with Crippen LogP contribution >= 0.6 is 0 Å². The van der Waals surface area contributed by atoms with Crippen LogP contribution in [0.5, 0.6) is 0 Å². The molecule has 0 spiro atoms. The van der Waals surface area contributed by atoms with Gasteiger partial charge in [-0.25, -0.2) is 17.6 Å². The van der Waals surface area contributed by atoms with Crippen LogP contribution in [0.3, 0.4) is 0 Å². The molecule has 1 aromatic carbocycles. The third-order valence-electron chi connectivity index (χ3n) is 2.40. The van der Waals surface area contributed by atoms with Gasteiger partial charge in [0.15, 0.2) is 23.3 Å². The topological polar surface area (TPSA) is 12.0 Å². The van der Waals surface area contributed by atoms with Crippen LogP contribution in [-0.4, -0.2) is 7.05 Å². The van der Waals surface area contributed by atoms with E-state index in [-0.39, 0.29) is 5.56 Å². The molecule has 0 aliphatic rings. The predicted molar refractivity (Wildman–Crippen MR) is 48.4 cm³/mol. The Bertz CT molecular complexity index is 387. The predicted octanol–water partition coefficient (Wildman–Crippen LogP) is 2.70. The molecule has 1 rings (SSSR count). The summed E-state index contributed by atoms with van der Waals surface area (Å²) >= 11 is 0. The first-order valence-electron chi connectivity index (χ1n) is 4.33. The monoisotopic (exact) mass is 221 g/mol. The smallest absolute Gasteiger partial charge is 0.197 e. The molecule has 15 heavy (non-hydrogen) atoms. The van der Waals surface area contributed by atoms with E-state index < -0.39 is 28.8 Å². The van der Waals surface area contributed by atoms with E-state index in [4.69, 9.17) is 0 Å². The molecule has 0 aliphatic heterocycles. The Kier molecular flexibility index (Phi) is 3.04. The maximum Gasteiger partial charge on any atom is 0.197 e. The molecule has 0 bridgehead atoms. The quantitative estimate of drug-likeness (QED) is 0.460. The maximum atomic E-state index is 13.3. The van der Waals surface area contributed by atoms with E-state index in [0.717, 1.165) is 0 Å². The van der Waals surface area contributed by atoms with E-state index in [2.05, 4.69) is 5.32 Å². The van der Waals surface area contributed by atoms with Gasteiger partial charge in [0.05, 0.1) is 0 Å². The van der Waals surface area contributed by atoms with Gasteiger partial charge in [-0.3, -0.25) is 0 Å². The molecule has 0 saturated heterocycles. The molecule has 0 aromatic heterocycles. The van der Waals surface area contributed by atoms with E-state index in [1.165, 1.54) is 20.9 Å². The van der Waals surface area contributed by atoms with Crippen molar-refractivity contribution in [2.45, 2.75) is 19.4 Å². The lowest BCUT2D eigenvalue weighted by molar-refractivity contribution is 0.367. The highest BCUT2D eigenvalue weighted by molar-refractivity contribution is 5.27. The molecule has 0 atom stereocenters. The van der Waals surface area contributed by atoms with Gasteiger partial charge in [0, 0.05) is 11.1 Å². The molecule has 0 aliphatic carbocycles. The van der Waals surface area contributed by atoms with Crippen molar-refractivity contribution in [3.05, 3.63) is 34.9 Å². The first-order chi connectivity index (χ1) is 6.81. The van der Waals surface area contributed by atoms with Crippen molar-refractivity contribution in [3.8, 4) is 0 Å². The minimum Gasteiger partial charge on any atom is -0.311 e. The molecular formula is C10H11F4N. The molecule has 0 fully saturated rings. The molecule has 0 saturated carbocycles. The second-order valence-corrected chi connectivity index (χ2v) is 3.72.